The predicted molar refractivity (Wildman–Crippen MR) is 59.8 cm³/mol. The Balaban J connectivity index is 4.59. The van der Waals surface area contributed by atoms with Crippen molar-refractivity contribution < 1.29 is 15.0 Å². The van der Waals surface area contributed by atoms with Gasteiger partial charge in [-0.1, -0.05) is 13.3 Å². The molecule has 4 nitrogen and oxygen atoms in total. The number of hydrogen-bond acceptors (Lipinski definition) is 3. The van der Waals surface area contributed by atoms with Gasteiger partial charge in [0.1, 0.15) is 6.04 Å². The Hall–Kier alpha value is -0.610. The average molecular weight is 217 g/mol. The monoisotopic (exact) mass is 217 g/mol. The molecule has 0 aliphatic heterocycles. The minimum atomic E-state index is -0.964. The summed E-state index contributed by atoms with van der Waals surface area (Å²) in [5.74, 6) is -0.867. The van der Waals surface area contributed by atoms with Crippen molar-refractivity contribution in [2.75, 3.05) is 0 Å². The molecule has 0 aliphatic rings. The number of carboxylic acids is 1. The van der Waals surface area contributed by atoms with Crippen LogP contribution in [0.4, 0.5) is 0 Å². The lowest BCUT2D eigenvalue weighted by Crippen LogP contribution is -2.60. The third kappa shape index (κ3) is 4.18. The van der Waals surface area contributed by atoms with Crippen LogP contribution in [0, 0.1) is 0 Å². The molecular formula is C11H23NO3. The molecule has 0 amide bonds. The highest BCUT2D eigenvalue weighted by molar-refractivity contribution is 5.73. The lowest BCUT2D eigenvalue weighted by atomic mass is 9.85. The van der Waals surface area contributed by atoms with E-state index in [-0.39, 0.29) is 0 Å². The quantitative estimate of drug-likeness (QED) is 0.628. The Labute approximate surface area is 91.7 Å². The van der Waals surface area contributed by atoms with Crippen LogP contribution in [0.25, 0.3) is 0 Å². The van der Waals surface area contributed by atoms with Gasteiger partial charge in [0, 0.05) is 5.54 Å². The summed E-state index contributed by atoms with van der Waals surface area (Å²) in [7, 11) is 0. The van der Waals surface area contributed by atoms with Gasteiger partial charge >= 0.3 is 5.97 Å². The van der Waals surface area contributed by atoms with Gasteiger partial charge in [-0.3, -0.25) is 10.1 Å². The highest BCUT2D eigenvalue weighted by Crippen LogP contribution is 2.21. The molecular weight excluding hydrogens is 194 g/mol. The molecule has 0 aliphatic carbocycles. The number of rotatable bonds is 6. The minimum absolute atomic E-state index is 0.564. The third-order valence-electron chi connectivity index (χ3n) is 2.94. The van der Waals surface area contributed by atoms with Crippen LogP contribution in [0.1, 0.15) is 47.5 Å². The lowest BCUT2D eigenvalue weighted by Gasteiger charge is -2.40. The van der Waals surface area contributed by atoms with Crippen molar-refractivity contribution in [3.8, 4) is 0 Å². The van der Waals surface area contributed by atoms with Crippen molar-refractivity contribution in [1.29, 1.82) is 0 Å². The molecule has 0 aromatic heterocycles. The van der Waals surface area contributed by atoms with Gasteiger partial charge in [0.2, 0.25) is 0 Å². The van der Waals surface area contributed by atoms with Crippen LogP contribution >= 0.6 is 0 Å². The van der Waals surface area contributed by atoms with Gasteiger partial charge in [-0.25, -0.2) is 0 Å². The highest BCUT2D eigenvalue weighted by Gasteiger charge is 2.37. The van der Waals surface area contributed by atoms with E-state index in [1.807, 2.05) is 6.92 Å². The smallest absolute Gasteiger partial charge is 0.320 e. The van der Waals surface area contributed by atoms with Crippen LogP contribution < -0.4 is 5.32 Å². The van der Waals surface area contributed by atoms with Crippen LogP contribution in [0.2, 0.25) is 0 Å². The summed E-state index contributed by atoms with van der Waals surface area (Å²) in [4.78, 5) is 10.9. The molecule has 0 rings (SSSR count). The summed E-state index contributed by atoms with van der Waals surface area (Å²) in [6.45, 7) is 8.89. The summed E-state index contributed by atoms with van der Waals surface area (Å²) in [6, 6.07) is -0.601. The van der Waals surface area contributed by atoms with E-state index in [9.17, 15) is 9.90 Å². The second-order valence-corrected chi connectivity index (χ2v) is 5.01. The maximum Gasteiger partial charge on any atom is 0.320 e. The molecule has 0 aromatic rings. The molecule has 0 spiro atoms. The molecule has 0 saturated carbocycles. The fourth-order valence-corrected chi connectivity index (χ4v) is 1.16. The number of aliphatic carboxylic acids is 1. The molecule has 4 heteroatoms. The van der Waals surface area contributed by atoms with Crippen LogP contribution in [0.3, 0.4) is 0 Å². The van der Waals surface area contributed by atoms with Crippen LogP contribution in [0.5, 0.6) is 0 Å². The number of nitrogens with one attached hydrogen (secondary N) is 1. The molecule has 3 N–H and O–H groups in total. The summed E-state index contributed by atoms with van der Waals surface area (Å²) in [6.07, 6.45) is 1.36. The maximum atomic E-state index is 10.9. The van der Waals surface area contributed by atoms with Crippen LogP contribution in [0.15, 0.2) is 0 Å². The van der Waals surface area contributed by atoms with Gasteiger partial charge in [-0.05, 0) is 34.1 Å². The second kappa shape index (κ2) is 4.94. The number of hydrogen-bond donors (Lipinski definition) is 3. The Kier molecular flexibility index (Phi) is 4.74. The topological polar surface area (TPSA) is 69.6 Å². The van der Waals surface area contributed by atoms with Crippen molar-refractivity contribution in [3.63, 3.8) is 0 Å². The van der Waals surface area contributed by atoms with Crippen molar-refractivity contribution in [3.05, 3.63) is 0 Å². The lowest BCUT2D eigenvalue weighted by molar-refractivity contribution is -0.141. The Bertz CT molecular complexity index is 218. The fourth-order valence-electron chi connectivity index (χ4n) is 1.16. The fraction of sp³-hybridized carbons (Fsp3) is 0.909. The van der Waals surface area contributed by atoms with Gasteiger partial charge in [0.25, 0.3) is 0 Å². The largest absolute Gasteiger partial charge is 0.480 e. The van der Waals surface area contributed by atoms with Gasteiger partial charge in [0.15, 0.2) is 0 Å². The minimum Gasteiger partial charge on any atom is -0.480 e. The van der Waals surface area contributed by atoms with E-state index in [4.69, 9.17) is 5.11 Å². The molecule has 0 bridgehead atoms. The van der Waals surface area contributed by atoms with E-state index in [0.29, 0.717) is 6.42 Å². The van der Waals surface area contributed by atoms with Gasteiger partial charge < -0.3 is 10.2 Å². The standard InChI is InChI=1S/C11H23NO3/c1-6-7-8(9(13)14)12-10(2,3)11(4,5)15/h8,12,15H,6-7H2,1-5H3,(H,13,14). The molecule has 1 unspecified atom stereocenters. The highest BCUT2D eigenvalue weighted by atomic mass is 16.4. The van der Waals surface area contributed by atoms with Gasteiger partial charge in [-0.15, -0.1) is 0 Å². The summed E-state index contributed by atoms with van der Waals surface area (Å²) in [5, 5.41) is 21.9. The van der Waals surface area contributed by atoms with Crippen LogP contribution in [-0.4, -0.2) is 33.4 Å². The van der Waals surface area contributed by atoms with Crippen molar-refractivity contribution in [2.45, 2.75) is 64.6 Å². The Morgan fingerprint density at radius 2 is 1.80 bits per heavy atom. The summed E-state index contributed by atoms with van der Waals surface area (Å²) >= 11 is 0. The molecule has 0 fully saturated rings. The molecule has 0 heterocycles. The number of carbonyl (C=O) groups is 1. The first-order chi connectivity index (χ1) is 6.62. The SMILES string of the molecule is CCCC(NC(C)(C)C(C)(C)O)C(=O)O. The van der Waals surface area contributed by atoms with E-state index < -0.39 is 23.2 Å². The Morgan fingerprint density at radius 3 is 2.07 bits per heavy atom. The Morgan fingerprint density at radius 1 is 1.33 bits per heavy atom. The zero-order valence-electron chi connectivity index (χ0n) is 10.3. The summed E-state index contributed by atoms with van der Waals surface area (Å²) in [5.41, 5.74) is -1.60. The van der Waals surface area contributed by atoms with Gasteiger partial charge in [0.05, 0.1) is 5.60 Å². The normalized spacial score (nSPS) is 15.1. The van der Waals surface area contributed by atoms with Crippen LogP contribution in [-0.2, 0) is 4.79 Å². The number of carboxylic acid groups (broad SMARTS) is 1. The second-order valence-electron chi connectivity index (χ2n) is 5.01. The van der Waals surface area contributed by atoms with Crippen molar-refractivity contribution >= 4 is 5.97 Å². The molecule has 0 saturated heterocycles. The average Bonchev–Trinajstić information content (AvgIpc) is 2.00. The molecule has 90 valence electrons. The molecule has 0 radical (unpaired) electrons. The first-order valence-corrected chi connectivity index (χ1v) is 5.34. The number of aliphatic hydroxyl groups is 1. The van der Waals surface area contributed by atoms with Gasteiger partial charge in [-0.2, -0.15) is 0 Å². The first kappa shape index (κ1) is 14.4. The van der Waals surface area contributed by atoms with E-state index in [2.05, 4.69) is 5.32 Å². The maximum absolute atomic E-state index is 10.9. The predicted octanol–water partition coefficient (Wildman–Crippen LogP) is 1.38. The first-order valence-electron chi connectivity index (χ1n) is 5.34. The van der Waals surface area contributed by atoms with E-state index in [1.165, 1.54) is 0 Å². The molecule has 15 heavy (non-hydrogen) atoms. The van der Waals surface area contributed by atoms with E-state index in [0.717, 1.165) is 6.42 Å². The van der Waals surface area contributed by atoms with Crippen molar-refractivity contribution in [2.24, 2.45) is 0 Å². The summed E-state index contributed by atoms with van der Waals surface area (Å²) < 4.78 is 0. The zero-order valence-corrected chi connectivity index (χ0v) is 10.3. The molecule has 0 aromatic carbocycles. The molecule has 1 atom stereocenters. The van der Waals surface area contributed by atoms with E-state index in [1.54, 1.807) is 27.7 Å². The van der Waals surface area contributed by atoms with Crippen molar-refractivity contribution in [1.82, 2.24) is 5.32 Å². The van der Waals surface area contributed by atoms with E-state index >= 15 is 0 Å². The third-order valence-corrected chi connectivity index (χ3v) is 2.94. The zero-order chi connectivity index (χ0) is 12.3.